The number of aromatic nitrogens is 4. The fraction of sp³-hybridized carbons (Fsp3) is 0.425. The van der Waals surface area contributed by atoms with Gasteiger partial charge in [0.2, 0.25) is 5.91 Å². The van der Waals surface area contributed by atoms with Gasteiger partial charge in [-0.1, -0.05) is 32.0 Å². The first kappa shape index (κ1) is 35.4. The summed E-state index contributed by atoms with van der Waals surface area (Å²) >= 11 is 0. The topological polar surface area (TPSA) is 175 Å². The zero-order valence-corrected chi connectivity index (χ0v) is 31.0. The summed E-state index contributed by atoms with van der Waals surface area (Å²) in [6.07, 6.45) is 2.44. The molecule has 5 aromatic rings. The van der Waals surface area contributed by atoms with Crippen molar-refractivity contribution in [3.05, 3.63) is 65.9 Å². The minimum absolute atomic E-state index is 0.0107. The highest BCUT2D eigenvalue weighted by Crippen LogP contribution is 2.44. The third-order valence-corrected chi connectivity index (χ3v) is 11.3. The zero-order valence-electron chi connectivity index (χ0n) is 31.0. The number of rotatable bonds is 8. The van der Waals surface area contributed by atoms with Crippen LogP contribution in [-0.4, -0.2) is 92.4 Å². The molecule has 5 atom stereocenters. The molecular weight excluding hydrogens is 690 g/mol. The van der Waals surface area contributed by atoms with E-state index in [0.29, 0.717) is 37.8 Å². The Morgan fingerprint density at radius 2 is 1.87 bits per heavy atom. The number of hydrogen-bond donors (Lipinski definition) is 4. The monoisotopic (exact) mass is 735 g/mol. The first-order chi connectivity index (χ1) is 26.0. The predicted molar refractivity (Wildman–Crippen MR) is 201 cm³/mol. The molecule has 0 unspecified atom stereocenters. The molecule has 2 aromatic heterocycles. The molecule has 0 spiro atoms. The van der Waals surface area contributed by atoms with E-state index in [1.165, 1.54) is 12.0 Å². The lowest BCUT2D eigenvalue weighted by Gasteiger charge is -2.32. The highest BCUT2D eigenvalue weighted by atomic mass is 16.5. The summed E-state index contributed by atoms with van der Waals surface area (Å²) in [6.45, 7) is 7.12. The van der Waals surface area contributed by atoms with Gasteiger partial charge in [0.1, 0.15) is 30.0 Å². The van der Waals surface area contributed by atoms with E-state index >= 15 is 0 Å². The van der Waals surface area contributed by atoms with Crippen molar-refractivity contribution in [2.45, 2.75) is 70.8 Å². The fourth-order valence-corrected chi connectivity index (χ4v) is 8.52. The maximum Gasteiger partial charge on any atom is 0.407 e. The molecule has 2 fully saturated rings. The Balaban J connectivity index is 1.06. The summed E-state index contributed by atoms with van der Waals surface area (Å²) in [5, 5.41) is 14.6. The van der Waals surface area contributed by atoms with Crippen molar-refractivity contribution in [2.24, 2.45) is 11.8 Å². The third-order valence-electron chi connectivity index (χ3n) is 11.3. The van der Waals surface area contributed by atoms with Crippen LogP contribution in [0, 0.1) is 11.8 Å². The number of likely N-dealkylation sites (tertiary alicyclic amines) is 2. The summed E-state index contributed by atoms with van der Waals surface area (Å²) in [4.78, 5) is 57.8. The van der Waals surface area contributed by atoms with Gasteiger partial charge in [0.25, 0.3) is 0 Å². The number of ether oxygens (including phenoxy) is 3. The van der Waals surface area contributed by atoms with Crippen molar-refractivity contribution in [1.29, 1.82) is 0 Å². The molecule has 2 saturated heterocycles. The molecule has 282 valence electrons. The third kappa shape index (κ3) is 6.17. The number of H-pyrrole nitrogens is 2. The number of carbonyl (C=O) groups excluding carboxylic acids is 2. The summed E-state index contributed by atoms with van der Waals surface area (Å²) in [5.41, 5.74) is 6.52. The first-order valence-electron chi connectivity index (χ1n) is 18.5. The number of benzene rings is 3. The second kappa shape index (κ2) is 14.0. The van der Waals surface area contributed by atoms with E-state index in [9.17, 15) is 19.5 Å². The minimum Gasteiger partial charge on any atom is -0.488 e. The number of carbonyl (C=O) groups is 3. The van der Waals surface area contributed by atoms with Gasteiger partial charge in [-0.15, -0.1) is 0 Å². The average molecular weight is 736 g/mol. The molecule has 3 amide bonds. The van der Waals surface area contributed by atoms with Crippen LogP contribution in [0.2, 0.25) is 0 Å². The average Bonchev–Trinajstić information content (AvgIpc) is 3.98. The molecule has 3 aromatic carbocycles. The van der Waals surface area contributed by atoms with Crippen LogP contribution in [0.25, 0.3) is 44.2 Å². The van der Waals surface area contributed by atoms with Crippen molar-refractivity contribution in [3.63, 3.8) is 0 Å². The maximum absolute atomic E-state index is 13.8. The standard InChI is InChI=1S/C40H45N7O7/c1-20(2)34(45-39(49)53-5)38(48)47-21(3)6-11-31(47)36-41-16-30(43-36)24-7-9-26-25(13-24)19-54-33-15-27-23(14-28(26)33)8-10-29-35(27)44-37(42-29)32-12-22(18-52-4)17-46(32)40(50)51/h7-10,13-16,20-22,31-32,34H,6,11-12,17-19H2,1-5H3,(H,41,43)(H,42,44)(H,45,49)(H,50,51)/t21-,22-,31-,32-,34-/m0/s1. The second-order valence-corrected chi connectivity index (χ2v) is 15.0. The van der Waals surface area contributed by atoms with Crippen LogP contribution in [0.1, 0.15) is 69.3 Å². The number of amides is 3. The number of nitrogens with one attached hydrogen (secondary N) is 3. The van der Waals surface area contributed by atoms with E-state index in [0.717, 1.165) is 68.3 Å². The largest absolute Gasteiger partial charge is 0.488 e. The molecule has 14 heteroatoms. The first-order valence-corrected chi connectivity index (χ1v) is 18.5. The molecule has 0 saturated carbocycles. The van der Waals surface area contributed by atoms with Gasteiger partial charge in [-0.2, -0.15) is 0 Å². The second-order valence-electron chi connectivity index (χ2n) is 15.0. The highest BCUT2D eigenvalue weighted by Gasteiger charge is 2.41. The van der Waals surface area contributed by atoms with E-state index in [4.69, 9.17) is 24.2 Å². The molecule has 14 nitrogen and oxygen atoms in total. The highest BCUT2D eigenvalue weighted by molar-refractivity contribution is 6.07. The molecular formula is C40H45N7O7. The van der Waals surface area contributed by atoms with E-state index in [2.05, 4.69) is 45.6 Å². The number of imidazole rings is 2. The van der Waals surface area contributed by atoms with E-state index in [1.54, 1.807) is 7.11 Å². The van der Waals surface area contributed by atoms with Gasteiger partial charge in [-0.05, 0) is 78.4 Å². The lowest BCUT2D eigenvalue weighted by Crippen LogP contribution is -2.52. The normalized spacial score (nSPS) is 21.3. The Kier molecular flexibility index (Phi) is 9.16. The van der Waals surface area contributed by atoms with Crippen LogP contribution >= 0.6 is 0 Å². The molecule has 3 aliphatic rings. The van der Waals surface area contributed by atoms with Crippen molar-refractivity contribution < 1.29 is 33.7 Å². The molecule has 3 aliphatic heterocycles. The summed E-state index contributed by atoms with van der Waals surface area (Å²) in [5.74, 6) is 1.94. The predicted octanol–water partition coefficient (Wildman–Crippen LogP) is 6.79. The Bertz CT molecular complexity index is 2260. The van der Waals surface area contributed by atoms with Gasteiger partial charge in [0.05, 0.1) is 48.7 Å². The van der Waals surface area contributed by atoms with Crippen molar-refractivity contribution >= 4 is 39.9 Å². The van der Waals surface area contributed by atoms with Crippen LogP contribution in [0.4, 0.5) is 9.59 Å². The SMILES string of the molecule is COC[C@H]1C[C@@H](c2nc3c(ccc4cc5c(cc43)OCc3cc(-c4cnc([C@@H]6CC[C@H](C)N6C(=O)[C@@H](NC(=O)OC)C(C)C)[nH]4)ccc3-5)[nH]2)N(C(=O)O)C1. The fourth-order valence-electron chi connectivity index (χ4n) is 8.52. The summed E-state index contributed by atoms with van der Waals surface area (Å²) < 4.78 is 16.5. The minimum atomic E-state index is -0.964. The summed E-state index contributed by atoms with van der Waals surface area (Å²) in [7, 11) is 2.93. The Morgan fingerprint density at radius 1 is 1.04 bits per heavy atom. The molecule has 8 rings (SSSR count). The molecule has 5 heterocycles. The van der Waals surface area contributed by atoms with Gasteiger partial charge < -0.3 is 39.5 Å². The van der Waals surface area contributed by atoms with Gasteiger partial charge in [0.15, 0.2) is 0 Å². The van der Waals surface area contributed by atoms with Crippen LogP contribution < -0.4 is 10.1 Å². The van der Waals surface area contributed by atoms with Gasteiger partial charge in [0, 0.05) is 36.6 Å². The smallest absolute Gasteiger partial charge is 0.407 e. The number of alkyl carbamates (subject to hydrolysis) is 1. The van der Waals surface area contributed by atoms with E-state index < -0.39 is 18.2 Å². The molecule has 4 N–H and O–H groups in total. The number of aromatic amines is 2. The molecule has 0 radical (unpaired) electrons. The molecule has 54 heavy (non-hydrogen) atoms. The Labute approximate surface area is 312 Å². The lowest BCUT2D eigenvalue weighted by atomic mass is 9.92. The number of nitrogens with zero attached hydrogens (tertiary/aromatic N) is 4. The van der Waals surface area contributed by atoms with Crippen LogP contribution in [-0.2, 0) is 20.9 Å². The zero-order chi connectivity index (χ0) is 37.8. The maximum atomic E-state index is 13.8. The van der Waals surface area contributed by atoms with Crippen molar-refractivity contribution in [1.82, 2.24) is 35.1 Å². The quantitative estimate of drug-likeness (QED) is 0.134. The van der Waals surface area contributed by atoms with Crippen LogP contribution in [0.5, 0.6) is 5.75 Å². The molecule has 0 bridgehead atoms. The van der Waals surface area contributed by atoms with Crippen molar-refractivity contribution in [3.8, 4) is 28.1 Å². The summed E-state index contributed by atoms with van der Waals surface area (Å²) in [6, 6.07) is 13.2. The van der Waals surface area contributed by atoms with E-state index in [1.807, 2.05) is 44.0 Å². The number of methoxy groups -OCH3 is 2. The van der Waals surface area contributed by atoms with Gasteiger partial charge in [-0.3, -0.25) is 9.69 Å². The van der Waals surface area contributed by atoms with Gasteiger partial charge in [-0.25, -0.2) is 19.6 Å². The van der Waals surface area contributed by atoms with Crippen molar-refractivity contribution in [2.75, 3.05) is 27.4 Å². The number of carboxylic acid groups (broad SMARTS) is 1. The number of hydrogen-bond acceptors (Lipinski definition) is 8. The lowest BCUT2D eigenvalue weighted by molar-refractivity contribution is -0.137. The van der Waals surface area contributed by atoms with Gasteiger partial charge >= 0.3 is 12.2 Å². The van der Waals surface area contributed by atoms with Crippen LogP contribution in [0.3, 0.4) is 0 Å². The molecule has 0 aliphatic carbocycles. The Hall–Kier alpha value is -5.63. The Morgan fingerprint density at radius 3 is 2.63 bits per heavy atom. The van der Waals surface area contributed by atoms with Crippen LogP contribution in [0.15, 0.2) is 48.7 Å². The number of fused-ring (bicyclic) bond motifs is 6. The van der Waals surface area contributed by atoms with E-state index in [-0.39, 0.29) is 35.9 Å².